The zero-order chi connectivity index (χ0) is 11.4. The van der Waals surface area contributed by atoms with Crippen LogP contribution < -0.4 is 0 Å². The minimum Gasteiger partial charge on any atom is -0.347 e. The van der Waals surface area contributed by atoms with E-state index in [2.05, 4.69) is 4.98 Å². The summed E-state index contributed by atoms with van der Waals surface area (Å²) in [5.74, 6) is -0.119. The van der Waals surface area contributed by atoms with Gasteiger partial charge in [-0.15, -0.1) is 0 Å². The van der Waals surface area contributed by atoms with Gasteiger partial charge in [-0.2, -0.15) is 0 Å². The van der Waals surface area contributed by atoms with Gasteiger partial charge in [0.15, 0.2) is 0 Å². The van der Waals surface area contributed by atoms with Crippen molar-refractivity contribution in [2.24, 2.45) is 0 Å². The lowest BCUT2D eigenvalue weighted by atomic mass is 10.5. The third-order valence-corrected chi connectivity index (χ3v) is 1.92. The van der Waals surface area contributed by atoms with Crippen LogP contribution in [0.3, 0.4) is 0 Å². The number of carbonyl (C=O) groups is 2. The minimum absolute atomic E-state index is 0.0595. The number of amides is 2. The first kappa shape index (κ1) is 11.2. The lowest BCUT2D eigenvalue weighted by molar-refractivity contribution is -0.129. The van der Waals surface area contributed by atoms with Crippen molar-refractivity contribution in [3.8, 4) is 0 Å². The highest BCUT2D eigenvalue weighted by molar-refractivity contribution is 5.84. The van der Waals surface area contributed by atoms with Gasteiger partial charge in [-0.3, -0.25) is 9.36 Å². The van der Waals surface area contributed by atoms with Crippen LogP contribution >= 0.6 is 0 Å². The Morgan fingerprint density at radius 2 is 2.00 bits per heavy atom. The van der Waals surface area contributed by atoms with Crippen LogP contribution in [0.2, 0.25) is 0 Å². The molecule has 0 bridgehead atoms. The number of aromatic nitrogens is 2. The molecule has 0 atom stereocenters. The van der Waals surface area contributed by atoms with Crippen LogP contribution in [0.15, 0.2) is 18.7 Å². The third-order valence-electron chi connectivity index (χ3n) is 1.92. The van der Waals surface area contributed by atoms with Crippen LogP contribution in [0, 0.1) is 0 Å². The highest BCUT2D eigenvalue weighted by atomic mass is 16.2. The van der Waals surface area contributed by atoms with Crippen molar-refractivity contribution < 1.29 is 9.59 Å². The van der Waals surface area contributed by atoms with Crippen LogP contribution in [0.25, 0.3) is 0 Å². The second-order valence-corrected chi connectivity index (χ2v) is 3.40. The molecule has 0 unspecified atom stereocenters. The summed E-state index contributed by atoms with van der Waals surface area (Å²) in [5.41, 5.74) is 0. The summed E-state index contributed by atoms with van der Waals surface area (Å²) < 4.78 is 1.32. The van der Waals surface area contributed by atoms with Crippen molar-refractivity contribution in [2.75, 3.05) is 27.7 Å². The molecule has 0 saturated heterocycles. The van der Waals surface area contributed by atoms with Crippen molar-refractivity contribution in [1.29, 1.82) is 0 Å². The molecule has 0 radical (unpaired) electrons. The van der Waals surface area contributed by atoms with Gasteiger partial charge >= 0.3 is 6.03 Å². The lowest BCUT2D eigenvalue weighted by Crippen LogP contribution is -2.39. The average Bonchev–Trinajstić information content (AvgIpc) is 2.68. The summed E-state index contributed by atoms with van der Waals surface area (Å²) in [7, 11) is 4.87. The van der Waals surface area contributed by atoms with E-state index >= 15 is 0 Å². The fourth-order valence-corrected chi connectivity index (χ4v) is 0.981. The van der Waals surface area contributed by atoms with E-state index in [0.717, 1.165) is 0 Å². The topological polar surface area (TPSA) is 58.4 Å². The van der Waals surface area contributed by atoms with Gasteiger partial charge in [-0.05, 0) is 0 Å². The molecular weight excluding hydrogens is 196 g/mol. The molecule has 0 aliphatic heterocycles. The van der Waals surface area contributed by atoms with Gasteiger partial charge in [-0.25, -0.2) is 9.78 Å². The van der Waals surface area contributed by atoms with Crippen LogP contribution in [0.1, 0.15) is 0 Å². The average molecular weight is 210 g/mol. The molecule has 6 heteroatoms. The first-order valence-electron chi connectivity index (χ1n) is 4.46. The van der Waals surface area contributed by atoms with Gasteiger partial charge in [0.05, 0.1) is 0 Å². The van der Waals surface area contributed by atoms with Crippen LogP contribution in [-0.4, -0.2) is 59.0 Å². The van der Waals surface area contributed by atoms with E-state index in [9.17, 15) is 9.59 Å². The largest absolute Gasteiger partial charge is 0.347 e. The molecule has 1 heterocycles. The Bertz CT molecular complexity index is 345. The molecule has 0 aliphatic rings. The van der Waals surface area contributed by atoms with Gasteiger partial charge in [0, 0.05) is 33.5 Å². The molecule has 82 valence electrons. The number of likely N-dealkylation sites (N-methyl/N-ethyl adjacent to an activating group) is 2. The molecule has 1 aromatic heterocycles. The number of imidazole rings is 1. The molecule has 2 amide bonds. The van der Waals surface area contributed by atoms with E-state index in [-0.39, 0.29) is 18.5 Å². The second kappa shape index (κ2) is 4.59. The maximum atomic E-state index is 11.6. The normalized spacial score (nSPS) is 9.80. The van der Waals surface area contributed by atoms with Crippen molar-refractivity contribution in [2.45, 2.75) is 0 Å². The summed E-state index contributed by atoms with van der Waals surface area (Å²) in [6, 6.07) is -0.275. The van der Waals surface area contributed by atoms with E-state index in [0.29, 0.717) is 0 Å². The molecule has 0 aromatic carbocycles. The Labute approximate surface area is 88.1 Å². The number of hydrogen-bond donors (Lipinski definition) is 0. The van der Waals surface area contributed by atoms with Crippen molar-refractivity contribution in [1.82, 2.24) is 19.4 Å². The van der Waals surface area contributed by atoms with Crippen molar-refractivity contribution in [3.63, 3.8) is 0 Å². The Morgan fingerprint density at radius 3 is 2.47 bits per heavy atom. The Morgan fingerprint density at radius 1 is 1.33 bits per heavy atom. The van der Waals surface area contributed by atoms with E-state index in [1.807, 2.05) is 0 Å². The first-order chi connectivity index (χ1) is 7.02. The van der Waals surface area contributed by atoms with Gasteiger partial charge < -0.3 is 9.80 Å². The summed E-state index contributed by atoms with van der Waals surface area (Å²) in [4.78, 5) is 29.5. The van der Waals surface area contributed by atoms with Gasteiger partial charge in [0.1, 0.15) is 12.9 Å². The fourth-order valence-electron chi connectivity index (χ4n) is 0.981. The predicted octanol–water partition coefficient (Wildman–Crippen LogP) is -0.129. The molecule has 15 heavy (non-hydrogen) atoms. The van der Waals surface area contributed by atoms with Gasteiger partial charge in [-0.1, -0.05) is 0 Å². The lowest BCUT2D eigenvalue weighted by Gasteiger charge is -2.18. The Hall–Kier alpha value is -1.85. The monoisotopic (exact) mass is 210 g/mol. The van der Waals surface area contributed by atoms with Crippen molar-refractivity contribution >= 4 is 11.9 Å². The van der Waals surface area contributed by atoms with Gasteiger partial charge in [0.2, 0.25) is 5.91 Å². The Kier molecular flexibility index (Phi) is 3.43. The van der Waals surface area contributed by atoms with Gasteiger partial charge in [0.25, 0.3) is 0 Å². The summed E-state index contributed by atoms with van der Waals surface area (Å²) in [5, 5.41) is 0. The molecule has 6 nitrogen and oxygen atoms in total. The summed E-state index contributed by atoms with van der Waals surface area (Å²) >= 11 is 0. The van der Waals surface area contributed by atoms with E-state index in [1.54, 1.807) is 27.3 Å². The Balaban J connectivity index is 2.58. The number of nitrogens with zero attached hydrogens (tertiary/aromatic N) is 4. The highest BCUT2D eigenvalue weighted by Gasteiger charge is 2.14. The van der Waals surface area contributed by atoms with Crippen molar-refractivity contribution in [3.05, 3.63) is 18.7 Å². The van der Waals surface area contributed by atoms with E-state index in [4.69, 9.17) is 0 Å². The molecule has 0 spiro atoms. The molecule has 0 N–H and O–H groups in total. The highest BCUT2D eigenvalue weighted by Crippen LogP contribution is 1.94. The molecular formula is C9H14N4O2. The number of rotatable bonds is 2. The van der Waals surface area contributed by atoms with Crippen LogP contribution in [0.5, 0.6) is 0 Å². The smallest absolute Gasteiger partial charge is 0.329 e. The molecule has 1 aromatic rings. The van der Waals surface area contributed by atoms with Crippen LogP contribution in [-0.2, 0) is 4.79 Å². The number of hydrogen-bond acceptors (Lipinski definition) is 3. The maximum absolute atomic E-state index is 11.6. The minimum atomic E-state index is -0.275. The van der Waals surface area contributed by atoms with E-state index < -0.39 is 0 Å². The maximum Gasteiger partial charge on any atom is 0.329 e. The zero-order valence-corrected chi connectivity index (χ0v) is 9.04. The standard InChI is InChI=1S/C9H14N4O2/c1-11(2)8(14)6-12(3)9(15)13-5-4-10-7-13/h4-5,7H,6H2,1-3H3. The van der Waals surface area contributed by atoms with E-state index in [1.165, 1.54) is 26.9 Å². The molecule has 1 rings (SSSR count). The fraction of sp³-hybridized carbons (Fsp3) is 0.444. The quantitative estimate of drug-likeness (QED) is 0.683. The molecule has 0 fully saturated rings. The third kappa shape index (κ3) is 2.80. The second-order valence-electron chi connectivity index (χ2n) is 3.40. The SMILES string of the molecule is CN(C)C(=O)CN(C)C(=O)n1ccnc1. The van der Waals surface area contributed by atoms with Crippen LogP contribution in [0.4, 0.5) is 4.79 Å². The summed E-state index contributed by atoms with van der Waals surface area (Å²) in [6.07, 6.45) is 4.46. The summed E-state index contributed by atoms with van der Waals surface area (Å²) in [6.45, 7) is 0.0595. The number of carbonyl (C=O) groups excluding carboxylic acids is 2. The predicted molar refractivity (Wildman–Crippen MR) is 54.3 cm³/mol. The zero-order valence-electron chi connectivity index (χ0n) is 9.04. The molecule has 0 aliphatic carbocycles. The first-order valence-corrected chi connectivity index (χ1v) is 4.46. The molecule has 0 saturated carbocycles.